The Balaban J connectivity index is 0.00000324. The van der Waals surface area contributed by atoms with E-state index in [0.29, 0.717) is 0 Å². The molecular formula is C10H11N3NaO5. The third kappa shape index (κ3) is 3.91. The molecule has 1 unspecified atom stereocenters. The second kappa shape index (κ2) is 6.50. The van der Waals surface area contributed by atoms with Gasteiger partial charge in [-0.1, -0.05) is 0 Å². The first-order valence-electron chi connectivity index (χ1n) is 4.83. The maximum atomic E-state index is 11.2. The van der Waals surface area contributed by atoms with Gasteiger partial charge in [-0.3, -0.25) is 10.1 Å². The van der Waals surface area contributed by atoms with E-state index in [9.17, 15) is 19.7 Å². The molecule has 0 spiro atoms. The van der Waals surface area contributed by atoms with Gasteiger partial charge in [0.05, 0.1) is 4.92 Å². The van der Waals surface area contributed by atoms with Gasteiger partial charge in [-0.05, 0) is 24.6 Å². The van der Waals surface area contributed by atoms with E-state index < -0.39 is 22.5 Å². The standard InChI is InChI=1S/C10H11N3O5.Na/c1-10(8(14)15,12-9(11)16)6-2-4-7(5-3-6)13(17)18;/h2-5H,1H3,(H,14,15)(H3,11,12,16);. The van der Waals surface area contributed by atoms with Crippen molar-refractivity contribution in [2.45, 2.75) is 12.5 Å². The number of rotatable bonds is 4. The zero-order chi connectivity index (χ0) is 13.9. The fraction of sp³-hybridized carbons (Fsp3) is 0.200. The molecule has 9 heteroatoms. The van der Waals surface area contributed by atoms with Crippen molar-refractivity contribution in [3.05, 3.63) is 39.9 Å². The maximum Gasteiger partial charge on any atom is 0.333 e. The van der Waals surface area contributed by atoms with E-state index in [0.717, 1.165) is 12.1 Å². The van der Waals surface area contributed by atoms with Gasteiger partial charge in [-0.2, -0.15) is 0 Å². The van der Waals surface area contributed by atoms with Crippen LogP contribution in [0.2, 0.25) is 0 Å². The predicted molar refractivity (Wildman–Crippen MR) is 66.6 cm³/mol. The summed E-state index contributed by atoms with van der Waals surface area (Å²) in [6.07, 6.45) is 0. The van der Waals surface area contributed by atoms with Gasteiger partial charge < -0.3 is 16.2 Å². The van der Waals surface area contributed by atoms with E-state index in [1.807, 2.05) is 0 Å². The number of hydrogen-bond donors (Lipinski definition) is 3. The SMILES string of the molecule is CC(NC(N)=O)(C(=O)O)c1ccc([N+](=O)[O-])cc1.[Na]. The summed E-state index contributed by atoms with van der Waals surface area (Å²) >= 11 is 0. The molecule has 1 rings (SSSR count). The Morgan fingerprint density at radius 1 is 1.37 bits per heavy atom. The van der Waals surface area contributed by atoms with Crippen LogP contribution in [-0.2, 0) is 10.3 Å². The van der Waals surface area contributed by atoms with Crippen molar-refractivity contribution in [3.8, 4) is 0 Å². The van der Waals surface area contributed by atoms with Gasteiger partial charge in [0, 0.05) is 41.7 Å². The molecule has 0 aromatic heterocycles. The minimum absolute atomic E-state index is 0. The van der Waals surface area contributed by atoms with Crippen LogP contribution in [0, 0.1) is 10.1 Å². The van der Waals surface area contributed by atoms with Crippen molar-refractivity contribution in [2.24, 2.45) is 5.73 Å². The molecule has 2 amide bonds. The third-order valence-corrected chi connectivity index (χ3v) is 2.46. The van der Waals surface area contributed by atoms with E-state index in [1.54, 1.807) is 0 Å². The molecule has 0 aliphatic rings. The summed E-state index contributed by atoms with van der Waals surface area (Å²) in [6.45, 7) is 1.24. The number of carbonyl (C=O) groups excluding carboxylic acids is 1. The molecule has 0 bridgehead atoms. The summed E-state index contributed by atoms with van der Waals surface area (Å²) < 4.78 is 0. The zero-order valence-electron chi connectivity index (χ0n) is 10.4. The number of non-ortho nitro benzene ring substituents is 1. The van der Waals surface area contributed by atoms with Crippen LogP contribution in [0.1, 0.15) is 12.5 Å². The topological polar surface area (TPSA) is 136 Å². The van der Waals surface area contributed by atoms with E-state index in [4.69, 9.17) is 10.8 Å². The second-order valence-electron chi connectivity index (χ2n) is 3.72. The predicted octanol–water partition coefficient (Wildman–Crippen LogP) is 0.182. The summed E-state index contributed by atoms with van der Waals surface area (Å²) in [4.78, 5) is 31.8. The number of amides is 2. The average Bonchev–Trinajstić information content (AvgIpc) is 2.27. The van der Waals surface area contributed by atoms with Gasteiger partial charge in [-0.15, -0.1) is 0 Å². The van der Waals surface area contributed by atoms with Crippen LogP contribution in [0.5, 0.6) is 0 Å². The van der Waals surface area contributed by atoms with Crippen molar-refractivity contribution in [3.63, 3.8) is 0 Å². The Morgan fingerprint density at radius 3 is 2.16 bits per heavy atom. The number of hydrogen-bond acceptors (Lipinski definition) is 4. The number of primary amides is 1. The summed E-state index contributed by atoms with van der Waals surface area (Å²) in [7, 11) is 0. The molecule has 0 saturated heterocycles. The molecule has 1 aromatic carbocycles. The molecule has 1 radical (unpaired) electrons. The number of carboxylic acids is 1. The average molecular weight is 276 g/mol. The molecule has 1 atom stereocenters. The van der Waals surface area contributed by atoms with Crippen LogP contribution in [0.25, 0.3) is 0 Å². The summed E-state index contributed by atoms with van der Waals surface area (Å²) in [5.74, 6) is -1.32. The molecule has 0 fully saturated rings. The van der Waals surface area contributed by atoms with E-state index >= 15 is 0 Å². The molecule has 0 heterocycles. The van der Waals surface area contributed by atoms with Crippen molar-refractivity contribution < 1.29 is 19.6 Å². The van der Waals surface area contributed by atoms with Crippen molar-refractivity contribution in [1.82, 2.24) is 5.32 Å². The second-order valence-corrected chi connectivity index (χ2v) is 3.72. The van der Waals surface area contributed by atoms with Crippen LogP contribution < -0.4 is 11.1 Å². The Hall–Kier alpha value is -1.64. The van der Waals surface area contributed by atoms with Gasteiger partial charge in [-0.25, -0.2) is 9.59 Å². The van der Waals surface area contributed by atoms with Gasteiger partial charge in [0.25, 0.3) is 5.69 Å². The van der Waals surface area contributed by atoms with E-state index in [1.165, 1.54) is 19.1 Å². The van der Waals surface area contributed by atoms with Crippen molar-refractivity contribution >= 4 is 47.2 Å². The smallest absolute Gasteiger partial charge is 0.333 e. The number of nitrogens with one attached hydrogen (secondary N) is 1. The molecule has 1 aromatic rings. The Labute approximate surface area is 130 Å². The van der Waals surface area contributed by atoms with Gasteiger partial charge in [0.15, 0.2) is 5.54 Å². The van der Waals surface area contributed by atoms with Gasteiger partial charge in [0.1, 0.15) is 0 Å². The third-order valence-electron chi connectivity index (χ3n) is 2.46. The molecule has 97 valence electrons. The normalized spacial score (nSPS) is 12.7. The van der Waals surface area contributed by atoms with Crippen LogP contribution in [0.15, 0.2) is 24.3 Å². The number of benzene rings is 1. The summed E-state index contributed by atoms with van der Waals surface area (Å²) in [6, 6.07) is 3.81. The minimum Gasteiger partial charge on any atom is -0.479 e. The summed E-state index contributed by atoms with van der Waals surface area (Å²) in [5, 5.41) is 21.7. The van der Waals surface area contributed by atoms with Crippen molar-refractivity contribution in [1.29, 1.82) is 0 Å². The number of carboxylic acid groups (broad SMARTS) is 1. The van der Waals surface area contributed by atoms with Crippen LogP contribution in [0.3, 0.4) is 0 Å². The molecule has 0 saturated carbocycles. The number of urea groups is 1. The fourth-order valence-electron chi connectivity index (χ4n) is 1.41. The Kier molecular flexibility index (Phi) is 5.94. The fourth-order valence-corrected chi connectivity index (χ4v) is 1.41. The van der Waals surface area contributed by atoms with Crippen LogP contribution in [0.4, 0.5) is 10.5 Å². The molecule has 0 aliphatic heterocycles. The monoisotopic (exact) mass is 276 g/mol. The molecule has 19 heavy (non-hydrogen) atoms. The van der Waals surface area contributed by atoms with Gasteiger partial charge >= 0.3 is 12.0 Å². The van der Waals surface area contributed by atoms with Crippen LogP contribution >= 0.6 is 0 Å². The number of carbonyl (C=O) groups is 2. The molecule has 0 aliphatic carbocycles. The molecular weight excluding hydrogens is 265 g/mol. The number of nitrogens with two attached hydrogens (primary N) is 1. The maximum absolute atomic E-state index is 11.2. The van der Waals surface area contributed by atoms with E-state index in [2.05, 4.69) is 5.32 Å². The minimum atomic E-state index is -1.74. The van der Waals surface area contributed by atoms with Gasteiger partial charge in [0.2, 0.25) is 0 Å². The summed E-state index contributed by atoms with van der Waals surface area (Å²) in [5.41, 5.74) is 3.18. The first kappa shape index (κ1) is 17.4. The van der Waals surface area contributed by atoms with E-state index in [-0.39, 0.29) is 40.8 Å². The number of nitro groups is 1. The number of nitro benzene ring substituents is 1. The Bertz CT molecular complexity index is 504. The first-order chi connectivity index (χ1) is 8.27. The Morgan fingerprint density at radius 2 is 1.84 bits per heavy atom. The van der Waals surface area contributed by atoms with Crippen molar-refractivity contribution in [2.75, 3.05) is 0 Å². The van der Waals surface area contributed by atoms with Crippen LogP contribution in [-0.4, -0.2) is 51.6 Å². The largest absolute Gasteiger partial charge is 0.479 e. The molecule has 8 nitrogen and oxygen atoms in total. The number of nitrogens with zero attached hydrogens (tertiary/aromatic N) is 1. The first-order valence-corrected chi connectivity index (χ1v) is 4.83. The molecule has 4 N–H and O–H groups in total. The zero-order valence-corrected chi connectivity index (χ0v) is 12.4. The number of aliphatic carboxylic acids is 1. The quantitative estimate of drug-likeness (QED) is 0.409.